The average Bonchev–Trinajstić information content (AvgIpc) is 3.83. The highest BCUT2D eigenvalue weighted by Gasteiger charge is 2.24. The molecule has 280 valence electrons. The third-order valence-electron chi connectivity index (χ3n) is 11.7. The van der Waals surface area contributed by atoms with Crippen molar-refractivity contribution in [1.29, 1.82) is 0 Å². The lowest BCUT2D eigenvalue weighted by atomic mass is 9.91. The summed E-state index contributed by atoms with van der Waals surface area (Å²) in [6.07, 6.45) is 0. The smallest absolute Gasteiger partial charge is 0.143 e. The van der Waals surface area contributed by atoms with E-state index < -0.39 is 0 Å². The van der Waals surface area contributed by atoms with Crippen LogP contribution in [0.4, 0.5) is 17.1 Å². The largest absolute Gasteiger partial charge is 0.455 e. The predicted molar refractivity (Wildman–Crippen MR) is 249 cm³/mol. The van der Waals surface area contributed by atoms with E-state index in [1.807, 2.05) is 0 Å². The minimum Gasteiger partial charge on any atom is -0.455 e. The van der Waals surface area contributed by atoms with Crippen molar-refractivity contribution in [3.8, 4) is 39.1 Å². The van der Waals surface area contributed by atoms with Crippen LogP contribution in [0.3, 0.4) is 0 Å². The molecule has 3 heteroatoms. The van der Waals surface area contributed by atoms with Crippen molar-refractivity contribution < 1.29 is 4.42 Å². The molecule has 0 aliphatic rings. The number of fused-ring (bicyclic) bond motifs is 6. The number of benzene rings is 9. The van der Waals surface area contributed by atoms with Crippen LogP contribution < -0.4 is 4.90 Å². The summed E-state index contributed by atoms with van der Waals surface area (Å²) in [5, 5.41) is 4.62. The maximum Gasteiger partial charge on any atom is 0.143 e. The molecule has 0 spiro atoms. The van der Waals surface area contributed by atoms with E-state index in [0.29, 0.717) is 0 Å². The molecule has 0 saturated carbocycles. The van der Waals surface area contributed by atoms with E-state index >= 15 is 0 Å². The average molecular weight is 757 g/mol. The summed E-state index contributed by atoms with van der Waals surface area (Å²) in [5.74, 6) is 0. The first-order valence-electron chi connectivity index (χ1n) is 20.3. The molecule has 0 aliphatic carbocycles. The Bertz CT molecular complexity index is 3300. The van der Waals surface area contributed by atoms with E-state index in [-0.39, 0.29) is 0 Å². The maximum atomic E-state index is 6.89. The number of nitrogens with zero attached hydrogens (tertiary/aromatic N) is 2. The van der Waals surface area contributed by atoms with Crippen LogP contribution in [-0.4, -0.2) is 4.57 Å². The second kappa shape index (κ2) is 14.1. The van der Waals surface area contributed by atoms with Crippen LogP contribution in [0.25, 0.3) is 82.8 Å². The fourth-order valence-electron chi connectivity index (χ4n) is 9.06. The quantitative estimate of drug-likeness (QED) is 0.161. The van der Waals surface area contributed by atoms with E-state index in [0.717, 1.165) is 55.8 Å². The Labute approximate surface area is 343 Å². The molecule has 11 rings (SSSR count). The summed E-state index contributed by atoms with van der Waals surface area (Å²) < 4.78 is 9.30. The van der Waals surface area contributed by atoms with Gasteiger partial charge in [-0.15, -0.1) is 0 Å². The van der Waals surface area contributed by atoms with Gasteiger partial charge in [0, 0.05) is 49.7 Å². The van der Waals surface area contributed by atoms with Crippen molar-refractivity contribution in [2.45, 2.75) is 13.8 Å². The Hall–Kier alpha value is -7.62. The number of aryl methyl sites for hydroxylation is 2. The van der Waals surface area contributed by atoms with Gasteiger partial charge in [0.05, 0.1) is 16.7 Å². The van der Waals surface area contributed by atoms with Crippen molar-refractivity contribution in [1.82, 2.24) is 4.57 Å². The molecule has 0 bridgehead atoms. The van der Waals surface area contributed by atoms with E-state index in [1.54, 1.807) is 0 Å². The molecular weight excluding hydrogens is 717 g/mol. The van der Waals surface area contributed by atoms with Crippen molar-refractivity contribution >= 4 is 60.8 Å². The molecule has 0 fully saturated rings. The first kappa shape index (κ1) is 34.6. The molecule has 0 atom stereocenters. The molecule has 0 unspecified atom stereocenters. The second-order valence-electron chi connectivity index (χ2n) is 15.4. The van der Waals surface area contributed by atoms with E-state index in [1.165, 1.54) is 55.2 Å². The Morgan fingerprint density at radius 2 is 1.00 bits per heavy atom. The SMILES string of the molecule is Cc1cccc(N(c2cc(-c3ccccc3-n3c4ccccc4c4ccccc43)c3oc4ccccc4c3c2)c2cc(-c3ccccc3)c(-c3ccccc3)cc2C)c1. The minimum absolute atomic E-state index is 0.868. The number of anilines is 3. The van der Waals surface area contributed by atoms with E-state index in [9.17, 15) is 0 Å². The third kappa shape index (κ3) is 5.82. The summed E-state index contributed by atoms with van der Waals surface area (Å²) in [4.78, 5) is 2.44. The zero-order chi connectivity index (χ0) is 39.5. The lowest BCUT2D eigenvalue weighted by Gasteiger charge is -2.29. The van der Waals surface area contributed by atoms with Gasteiger partial charge in [-0.1, -0.05) is 146 Å². The van der Waals surface area contributed by atoms with Crippen molar-refractivity contribution in [3.63, 3.8) is 0 Å². The normalized spacial score (nSPS) is 11.6. The van der Waals surface area contributed by atoms with Crippen LogP contribution >= 0.6 is 0 Å². The predicted octanol–water partition coefficient (Wildman–Crippen LogP) is 15.8. The molecule has 0 N–H and O–H groups in total. The molecule has 59 heavy (non-hydrogen) atoms. The first-order chi connectivity index (χ1) is 29.1. The van der Waals surface area contributed by atoms with Crippen LogP contribution in [0.1, 0.15) is 11.1 Å². The van der Waals surface area contributed by atoms with Gasteiger partial charge in [0.1, 0.15) is 11.2 Å². The van der Waals surface area contributed by atoms with E-state index in [4.69, 9.17) is 4.42 Å². The van der Waals surface area contributed by atoms with Crippen molar-refractivity contribution in [2.24, 2.45) is 0 Å². The summed E-state index contributed by atoms with van der Waals surface area (Å²) in [7, 11) is 0. The van der Waals surface area contributed by atoms with Crippen molar-refractivity contribution in [3.05, 3.63) is 217 Å². The van der Waals surface area contributed by atoms with Gasteiger partial charge >= 0.3 is 0 Å². The highest BCUT2D eigenvalue weighted by Crippen LogP contribution is 2.48. The molecular formula is C56H40N2O. The van der Waals surface area contributed by atoms with E-state index in [2.05, 4.69) is 230 Å². The topological polar surface area (TPSA) is 21.3 Å². The van der Waals surface area contributed by atoms with Crippen LogP contribution in [0, 0.1) is 13.8 Å². The maximum absolute atomic E-state index is 6.89. The highest BCUT2D eigenvalue weighted by atomic mass is 16.3. The van der Waals surface area contributed by atoms with Crippen LogP contribution in [0.5, 0.6) is 0 Å². The monoisotopic (exact) mass is 756 g/mol. The molecule has 2 aromatic heterocycles. The number of aromatic nitrogens is 1. The van der Waals surface area contributed by atoms with Crippen LogP contribution in [0.2, 0.25) is 0 Å². The molecule has 0 radical (unpaired) electrons. The van der Waals surface area contributed by atoms with Gasteiger partial charge in [-0.2, -0.15) is 0 Å². The summed E-state index contributed by atoms with van der Waals surface area (Å²) in [5.41, 5.74) is 17.7. The van der Waals surface area contributed by atoms with Gasteiger partial charge in [-0.05, 0) is 108 Å². The minimum atomic E-state index is 0.868. The van der Waals surface area contributed by atoms with Gasteiger partial charge in [-0.25, -0.2) is 0 Å². The summed E-state index contributed by atoms with van der Waals surface area (Å²) in [6, 6.07) is 74.4. The van der Waals surface area contributed by atoms with Gasteiger partial charge in [0.25, 0.3) is 0 Å². The number of hydrogen-bond donors (Lipinski definition) is 0. The molecule has 0 aliphatic heterocycles. The Morgan fingerprint density at radius 1 is 0.407 bits per heavy atom. The molecule has 0 amide bonds. The van der Waals surface area contributed by atoms with Gasteiger partial charge < -0.3 is 13.9 Å². The lowest BCUT2D eigenvalue weighted by molar-refractivity contribution is 0.670. The Balaban J connectivity index is 1.22. The number of para-hydroxylation sites is 4. The van der Waals surface area contributed by atoms with Crippen LogP contribution in [-0.2, 0) is 0 Å². The zero-order valence-corrected chi connectivity index (χ0v) is 32.9. The number of furan rings is 1. The number of hydrogen-bond acceptors (Lipinski definition) is 2. The molecule has 3 nitrogen and oxygen atoms in total. The zero-order valence-electron chi connectivity index (χ0n) is 32.9. The second-order valence-corrected chi connectivity index (χ2v) is 15.4. The Kier molecular flexibility index (Phi) is 8.27. The highest BCUT2D eigenvalue weighted by molar-refractivity contribution is 6.14. The van der Waals surface area contributed by atoms with Gasteiger partial charge in [-0.3, -0.25) is 0 Å². The fraction of sp³-hybridized carbons (Fsp3) is 0.0357. The lowest BCUT2D eigenvalue weighted by Crippen LogP contribution is -2.12. The standard InChI is InChI=1S/C56H40N2O/c1-37-18-17-23-41(32-37)57(54-36-48(40-21-7-4-8-22-40)47(33-38(54)2)39-19-5-3-6-20-39)42-34-49(56-50(35-42)46-27-12-16-31-55(46)59-56)45-26-11-15-30-53(45)58-51-28-13-9-24-43(51)44-25-10-14-29-52(44)58/h3-36H,1-2H3. The van der Waals surface area contributed by atoms with Crippen molar-refractivity contribution in [2.75, 3.05) is 4.90 Å². The molecule has 9 aromatic carbocycles. The summed E-state index contributed by atoms with van der Waals surface area (Å²) in [6.45, 7) is 4.41. The van der Waals surface area contributed by atoms with Crippen LogP contribution in [0.15, 0.2) is 211 Å². The fourth-order valence-corrected chi connectivity index (χ4v) is 9.06. The first-order valence-corrected chi connectivity index (χ1v) is 20.3. The van der Waals surface area contributed by atoms with Gasteiger partial charge in [0.15, 0.2) is 0 Å². The molecule has 0 saturated heterocycles. The molecule has 2 heterocycles. The third-order valence-corrected chi connectivity index (χ3v) is 11.7. The summed E-state index contributed by atoms with van der Waals surface area (Å²) >= 11 is 0. The Morgan fingerprint density at radius 3 is 1.69 bits per heavy atom. The number of rotatable bonds is 7. The molecule has 11 aromatic rings. The van der Waals surface area contributed by atoms with Gasteiger partial charge in [0.2, 0.25) is 0 Å².